The average molecular weight is 392 g/mol. The van der Waals surface area contributed by atoms with Crippen molar-refractivity contribution in [3.8, 4) is 0 Å². The van der Waals surface area contributed by atoms with Gasteiger partial charge in [0.25, 0.3) is 0 Å². The number of hydrogen-bond acceptors (Lipinski definition) is 4. The van der Waals surface area contributed by atoms with Crippen LogP contribution < -0.4 is 10.2 Å². The zero-order valence-electron chi connectivity index (χ0n) is 18.1. The number of carbonyl (C=O) groups excluding carboxylic acids is 1. The molecule has 0 heterocycles. The van der Waals surface area contributed by atoms with Crippen LogP contribution in [0.5, 0.6) is 0 Å². The number of rotatable bonds is 11. The van der Waals surface area contributed by atoms with E-state index in [1.165, 1.54) is 23.4 Å². The van der Waals surface area contributed by atoms with Crippen LogP contribution in [-0.4, -0.2) is 37.0 Å². The lowest BCUT2D eigenvalue weighted by molar-refractivity contribution is -0.119. The zero-order chi connectivity index (χ0) is 20.4. The van der Waals surface area contributed by atoms with Crippen LogP contribution >= 0.6 is 11.8 Å². The molecule has 0 aliphatic carbocycles. The fraction of sp³-hybridized carbons (Fsp3) is 0.636. The summed E-state index contributed by atoms with van der Waals surface area (Å²) in [4.78, 5) is 19.5. The van der Waals surface area contributed by atoms with E-state index in [-0.39, 0.29) is 10.7 Å². The normalized spacial score (nSPS) is 12.0. The molecule has 0 atom stereocenters. The van der Waals surface area contributed by atoms with E-state index < -0.39 is 0 Å². The summed E-state index contributed by atoms with van der Waals surface area (Å²) in [6, 6.07) is 6.52. The second-order valence-corrected chi connectivity index (χ2v) is 9.92. The topological polar surface area (TPSA) is 44.7 Å². The summed E-state index contributed by atoms with van der Waals surface area (Å²) in [6.07, 6.45) is 5.37. The molecule has 1 amide bonds. The molecule has 0 spiro atoms. The SMILES string of the molecule is CCCCN(C)c1ccc(SC(C)(C)CNC(C)=O)cc1N=CCC(C)C. The molecule has 0 aliphatic heterocycles. The van der Waals surface area contributed by atoms with Gasteiger partial charge in [-0.05, 0) is 50.8 Å². The number of unbranched alkanes of at least 4 members (excludes halogenated alkanes) is 1. The van der Waals surface area contributed by atoms with Crippen LogP contribution in [0.1, 0.15) is 60.8 Å². The Balaban J connectivity index is 3.03. The highest BCUT2D eigenvalue weighted by Gasteiger charge is 2.20. The van der Waals surface area contributed by atoms with E-state index in [1.54, 1.807) is 18.7 Å². The van der Waals surface area contributed by atoms with Crippen LogP contribution in [0.4, 0.5) is 11.4 Å². The summed E-state index contributed by atoms with van der Waals surface area (Å²) in [5, 5.41) is 2.92. The minimum atomic E-state index is -0.0831. The number of thioether (sulfide) groups is 1. The number of aliphatic imine (C=N–C) groups is 1. The lowest BCUT2D eigenvalue weighted by Gasteiger charge is -2.25. The molecule has 0 saturated heterocycles. The molecule has 1 N–H and O–H groups in total. The van der Waals surface area contributed by atoms with Crippen LogP contribution in [0.25, 0.3) is 0 Å². The Kier molecular flexibility index (Phi) is 9.92. The average Bonchev–Trinajstić information content (AvgIpc) is 2.57. The number of hydrogen-bond donors (Lipinski definition) is 1. The number of benzene rings is 1. The molecule has 1 rings (SSSR count). The third-order valence-electron chi connectivity index (χ3n) is 4.17. The first-order valence-electron chi connectivity index (χ1n) is 9.95. The maximum absolute atomic E-state index is 11.2. The van der Waals surface area contributed by atoms with E-state index in [1.807, 2.05) is 6.21 Å². The highest BCUT2D eigenvalue weighted by atomic mass is 32.2. The number of anilines is 1. The van der Waals surface area contributed by atoms with Crippen molar-refractivity contribution in [3.05, 3.63) is 18.2 Å². The van der Waals surface area contributed by atoms with Crippen molar-refractivity contribution < 1.29 is 4.79 Å². The van der Waals surface area contributed by atoms with E-state index in [0.717, 1.165) is 18.7 Å². The van der Waals surface area contributed by atoms with Crippen LogP contribution in [0.3, 0.4) is 0 Å². The third-order valence-corrected chi connectivity index (χ3v) is 5.36. The van der Waals surface area contributed by atoms with Crippen molar-refractivity contribution in [1.29, 1.82) is 0 Å². The number of carbonyl (C=O) groups is 1. The first kappa shape index (κ1) is 23.5. The molecule has 0 fully saturated rings. The van der Waals surface area contributed by atoms with E-state index in [0.29, 0.717) is 12.5 Å². The second-order valence-electron chi connectivity index (χ2n) is 8.14. The summed E-state index contributed by atoms with van der Waals surface area (Å²) in [5.41, 5.74) is 2.20. The van der Waals surface area contributed by atoms with Crippen LogP contribution in [0.15, 0.2) is 28.1 Å². The van der Waals surface area contributed by atoms with Crippen molar-refractivity contribution in [2.24, 2.45) is 10.9 Å². The Morgan fingerprint density at radius 1 is 1.37 bits per heavy atom. The van der Waals surface area contributed by atoms with Crippen molar-refractivity contribution in [2.75, 3.05) is 25.0 Å². The van der Waals surface area contributed by atoms with Gasteiger partial charge in [-0.2, -0.15) is 0 Å². The van der Waals surface area contributed by atoms with Gasteiger partial charge in [-0.1, -0.05) is 27.2 Å². The van der Waals surface area contributed by atoms with Gasteiger partial charge in [-0.3, -0.25) is 9.79 Å². The molecule has 0 bridgehead atoms. The third kappa shape index (κ3) is 9.32. The molecule has 152 valence electrons. The predicted molar refractivity (Wildman–Crippen MR) is 121 cm³/mol. The zero-order valence-corrected chi connectivity index (χ0v) is 18.9. The van der Waals surface area contributed by atoms with Crippen LogP contribution in [0.2, 0.25) is 0 Å². The Morgan fingerprint density at radius 3 is 2.67 bits per heavy atom. The van der Waals surface area contributed by atoms with E-state index in [2.05, 4.69) is 70.1 Å². The Morgan fingerprint density at radius 2 is 2.07 bits per heavy atom. The first-order chi connectivity index (χ1) is 12.6. The van der Waals surface area contributed by atoms with Gasteiger partial charge in [0.15, 0.2) is 0 Å². The van der Waals surface area contributed by atoms with Crippen molar-refractivity contribution >= 4 is 35.3 Å². The van der Waals surface area contributed by atoms with Crippen molar-refractivity contribution in [2.45, 2.75) is 70.4 Å². The molecule has 5 heteroatoms. The van der Waals surface area contributed by atoms with Gasteiger partial charge in [0.2, 0.25) is 5.91 Å². The van der Waals surface area contributed by atoms with Crippen LogP contribution in [-0.2, 0) is 4.79 Å². The van der Waals surface area contributed by atoms with Gasteiger partial charge >= 0.3 is 0 Å². The van der Waals surface area contributed by atoms with Gasteiger partial charge < -0.3 is 10.2 Å². The Hall–Kier alpha value is -1.49. The Labute approximate surface area is 170 Å². The molecule has 1 aromatic rings. The lowest BCUT2D eigenvalue weighted by Crippen LogP contribution is -2.34. The first-order valence-corrected chi connectivity index (χ1v) is 10.8. The summed E-state index contributed by atoms with van der Waals surface area (Å²) in [6.45, 7) is 14.2. The lowest BCUT2D eigenvalue weighted by atomic mass is 10.1. The highest BCUT2D eigenvalue weighted by molar-refractivity contribution is 8.00. The number of nitrogens with one attached hydrogen (secondary N) is 1. The molecule has 0 aliphatic rings. The molecule has 27 heavy (non-hydrogen) atoms. The number of amides is 1. The summed E-state index contributed by atoms with van der Waals surface area (Å²) >= 11 is 1.77. The molecule has 0 saturated carbocycles. The summed E-state index contributed by atoms with van der Waals surface area (Å²) in [7, 11) is 2.14. The van der Waals surface area contributed by atoms with E-state index >= 15 is 0 Å². The quantitative estimate of drug-likeness (QED) is 0.390. The number of nitrogens with zero attached hydrogens (tertiary/aromatic N) is 2. The maximum Gasteiger partial charge on any atom is 0.216 e. The van der Waals surface area contributed by atoms with Gasteiger partial charge in [-0.25, -0.2) is 0 Å². The molecule has 0 aromatic heterocycles. The fourth-order valence-corrected chi connectivity index (χ4v) is 3.65. The van der Waals surface area contributed by atoms with Crippen LogP contribution in [0, 0.1) is 5.92 Å². The minimum Gasteiger partial charge on any atom is -0.373 e. The van der Waals surface area contributed by atoms with Crippen molar-refractivity contribution in [3.63, 3.8) is 0 Å². The molecule has 1 aromatic carbocycles. The summed E-state index contributed by atoms with van der Waals surface area (Å²) < 4.78 is -0.0831. The highest BCUT2D eigenvalue weighted by Crippen LogP contribution is 2.38. The predicted octanol–water partition coefficient (Wildman–Crippen LogP) is 5.68. The molecular weight excluding hydrogens is 354 g/mol. The van der Waals surface area contributed by atoms with Gasteiger partial charge in [-0.15, -0.1) is 11.8 Å². The van der Waals surface area contributed by atoms with Gasteiger partial charge in [0.1, 0.15) is 0 Å². The van der Waals surface area contributed by atoms with Crippen molar-refractivity contribution in [1.82, 2.24) is 5.32 Å². The fourth-order valence-electron chi connectivity index (χ4n) is 2.56. The molecular formula is C22H37N3OS. The Bertz CT molecular complexity index is 626. The van der Waals surface area contributed by atoms with Gasteiger partial charge in [0, 0.05) is 42.9 Å². The van der Waals surface area contributed by atoms with E-state index in [4.69, 9.17) is 4.99 Å². The second kappa shape index (κ2) is 11.4. The molecule has 0 radical (unpaired) electrons. The molecule has 0 unspecified atom stereocenters. The smallest absolute Gasteiger partial charge is 0.216 e. The molecule has 4 nitrogen and oxygen atoms in total. The standard InChI is InChI=1S/C22H37N3OS/c1-8-9-14-25(7)21-11-10-19(15-20(21)23-13-12-17(2)3)27-22(5,6)16-24-18(4)26/h10-11,13,15,17H,8-9,12,14,16H2,1-7H3,(H,24,26). The van der Waals surface area contributed by atoms with E-state index in [9.17, 15) is 4.79 Å². The largest absolute Gasteiger partial charge is 0.373 e. The minimum absolute atomic E-state index is 0.00977. The summed E-state index contributed by atoms with van der Waals surface area (Å²) in [5.74, 6) is 0.611. The monoisotopic (exact) mass is 391 g/mol. The van der Waals surface area contributed by atoms with Gasteiger partial charge in [0.05, 0.1) is 11.4 Å². The maximum atomic E-state index is 11.2.